The van der Waals surface area contributed by atoms with E-state index in [1.807, 2.05) is 24.4 Å². The Morgan fingerprint density at radius 1 is 0.974 bits per heavy atom. The molecular formula is C22H24F6N6O5. The number of aromatic amines is 2. The molecule has 17 heteroatoms. The van der Waals surface area contributed by atoms with Gasteiger partial charge in [0.1, 0.15) is 0 Å². The van der Waals surface area contributed by atoms with Crippen LogP contribution in [0, 0.1) is 0 Å². The average Bonchev–Trinajstić information content (AvgIpc) is 3.50. The average molecular weight is 566 g/mol. The Morgan fingerprint density at radius 2 is 1.56 bits per heavy atom. The van der Waals surface area contributed by atoms with Gasteiger partial charge in [-0.3, -0.25) is 15.1 Å². The first-order chi connectivity index (χ1) is 18.1. The fraction of sp³-hybridized carbons (Fsp3) is 0.318. The number of aliphatic carboxylic acids is 2. The minimum absolute atomic E-state index is 0.125. The van der Waals surface area contributed by atoms with Crippen LogP contribution < -0.4 is 11.1 Å². The minimum Gasteiger partial charge on any atom is -0.475 e. The topological polar surface area (TPSA) is 187 Å². The smallest absolute Gasteiger partial charge is 0.475 e. The molecule has 11 nitrogen and oxygen atoms in total. The molecule has 7 N–H and O–H groups in total. The van der Waals surface area contributed by atoms with E-state index in [9.17, 15) is 31.1 Å². The number of aliphatic imine (C=N–C) groups is 1. The Balaban J connectivity index is 0.000000449. The summed E-state index contributed by atoms with van der Waals surface area (Å²) in [6, 6.07) is 8.05. The number of hydrogen-bond acceptors (Lipinski definition) is 5. The Kier molecular flexibility index (Phi) is 12.5. The number of benzene rings is 1. The number of imidazole rings is 1. The molecule has 214 valence electrons. The number of H-pyrrole nitrogens is 2. The number of para-hydroxylation sites is 1. The van der Waals surface area contributed by atoms with Crippen molar-refractivity contribution >= 4 is 34.7 Å². The lowest BCUT2D eigenvalue weighted by molar-refractivity contribution is -0.193. The molecule has 2 heterocycles. The van der Waals surface area contributed by atoms with Gasteiger partial charge in [0.15, 0.2) is 5.96 Å². The third-order valence-corrected chi connectivity index (χ3v) is 4.49. The highest BCUT2D eigenvalue weighted by Crippen LogP contribution is 2.19. The molecule has 0 unspecified atom stereocenters. The summed E-state index contributed by atoms with van der Waals surface area (Å²) in [5.74, 6) is -5.46. The highest BCUT2D eigenvalue weighted by molar-refractivity contribution is 5.96. The van der Waals surface area contributed by atoms with E-state index >= 15 is 0 Å². The third-order valence-electron chi connectivity index (χ3n) is 4.49. The van der Waals surface area contributed by atoms with Crippen LogP contribution in [0.1, 0.15) is 24.1 Å². The molecule has 0 spiro atoms. The van der Waals surface area contributed by atoms with Crippen molar-refractivity contribution in [2.24, 2.45) is 10.7 Å². The van der Waals surface area contributed by atoms with Crippen molar-refractivity contribution in [1.82, 2.24) is 20.3 Å². The Hall–Kier alpha value is -4.57. The molecule has 3 rings (SSSR count). The lowest BCUT2D eigenvalue weighted by atomic mass is 10.1. The van der Waals surface area contributed by atoms with E-state index in [1.54, 1.807) is 12.5 Å². The summed E-state index contributed by atoms with van der Waals surface area (Å²) in [6.07, 6.45) is -2.06. The number of nitrogens with one attached hydrogen (secondary N) is 3. The molecule has 0 saturated heterocycles. The summed E-state index contributed by atoms with van der Waals surface area (Å²) in [6.45, 7) is 0.563. The van der Waals surface area contributed by atoms with E-state index in [4.69, 9.17) is 25.5 Å². The van der Waals surface area contributed by atoms with Crippen LogP contribution in [-0.2, 0) is 27.2 Å². The number of aryl methyl sites for hydroxylation is 2. The van der Waals surface area contributed by atoms with E-state index < -0.39 is 24.3 Å². The maximum atomic E-state index is 12.0. The summed E-state index contributed by atoms with van der Waals surface area (Å²) in [5.41, 5.74) is 9.04. The van der Waals surface area contributed by atoms with E-state index in [0.29, 0.717) is 19.4 Å². The largest absolute Gasteiger partial charge is 0.490 e. The lowest BCUT2D eigenvalue weighted by Crippen LogP contribution is -2.37. The van der Waals surface area contributed by atoms with Gasteiger partial charge in [0.25, 0.3) is 0 Å². The van der Waals surface area contributed by atoms with Gasteiger partial charge in [-0.2, -0.15) is 26.3 Å². The maximum absolute atomic E-state index is 12.0. The first-order valence-corrected chi connectivity index (χ1v) is 10.8. The first kappa shape index (κ1) is 32.5. The highest BCUT2D eigenvalue weighted by atomic mass is 19.4. The van der Waals surface area contributed by atoms with Crippen LogP contribution in [0.25, 0.3) is 10.9 Å². The molecule has 0 aliphatic carbocycles. The molecule has 0 saturated carbocycles. The number of rotatable bonds is 7. The number of fused-ring (bicyclic) bond motifs is 1. The summed E-state index contributed by atoms with van der Waals surface area (Å²) in [4.78, 5) is 44.2. The highest BCUT2D eigenvalue weighted by Gasteiger charge is 2.38. The van der Waals surface area contributed by atoms with Crippen LogP contribution in [-0.4, -0.2) is 67.9 Å². The number of amides is 1. The molecule has 0 fully saturated rings. The maximum Gasteiger partial charge on any atom is 0.490 e. The van der Waals surface area contributed by atoms with E-state index in [0.717, 1.165) is 35.0 Å². The van der Waals surface area contributed by atoms with Crippen molar-refractivity contribution in [1.29, 1.82) is 0 Å². The second-order valence-electron chi connectivity index (χ2n) is 7.46. The number of nitrogens with zero attached hydrogens (tertiary/aromatic N) is 2. The summed E-state index contributed by atoms with van der Waals surface area (Å²) in [5, 5.41) is 18.0. The van der Waals surface area contributed by atoms with Gasteiger partial charge in [0, 0.05) is 42.0 Å². The van der Waals surface area contributed by atoms with Crippen molar-refractivity contribution in [3.63, 3.8) is 0 Å². The SMILES string of the molecule is NC(=NCCCc1cnc[nH]1)NC(=O)CCc1c[nH]c2ccccc12.O=C(O)C(F)(F)F.O=C(O)C(F)(F)F. The number of halogens is 6. The van der Waals surface area contributed by atoms with Crippen LogP contribution in [0.15, 0.2) is 48.0 Å². The zero-order chi connectivity index (χ0) is 29.6. The number of carbonyl (C=O) groups excluding carboxylic acids is 1. The van der Waals surface area contributed by atoms with Gasteiger partial charge in [0.2, 0.25) is 5.91 Å². The van der Waals surface area contributed by atoms with Gasteiger partial charge < -0.3 is 25.9 Å². The van der Waals surface area contributed by atoms with E-state index in [-0.39, 0.29) is 11.9 Å². The fourth-order valence-corrected chi connectivity index (χ4v) is 2.72. The summed E-state index contributed by atoms with van der Waals surface area (Å²) in [7, 11) is 0. The molecule has 1 amide bonds. The van der Waals surface area contributed by atoms with Gasteiger partial charge >= 0.3 is 24.3 Å². The molecule has 0 bridgehead atoms. The zero-order valence-electron chi connectivity index (χ0n) is 19.9. The van der Waals surface area contributed by atoms with Crippen LogP contribution in [0.2, 0.25) is 0 Å². The number of nitrogens with two attached hydrogens (primary N) is 1. The Bertz CT molecular complexity index is 1210. The van der Waals surface area contributed by atoms with E-state index in [2.05, 4.69) is 31.3 Å². The molecule has 2 aromatic heterocycles. The fourth-order valence-electron chi connectivity index (χ4n) is 2.72. The zero-order valence-corrected chi connectivity index (χ0v) is 19.9. The van der Waals surface area contributed by atoms with Crippen molar-refractivity contribution in [3.05, 3.63) is 54.2 Å². The number of carboxylic acids is 2. The number of alkyl halides is 6. The number of carboxylic acid groups (broad SMARTS) is 2. The Labute approximate surface area is 216 Å². The second-order valence-corrected chi connectivity index (χ2v) is 7.46. The van der Waals surface area contributed by atoms with Crippen LogP contribution in [0.3, 0.4) is 0 Å². The van der Waals surface area contributed by atoms with Crippen molar-refractivity contribution in [3.8, 4) is 0 Å². The molecule has 0 aliphatic rings. The second kappa shape index (κ2) is 15.0. The number of hydrogen-bond donors (Lipinski definition) is 6. The van der Waals surface area contributed by atoms with E-state index in [1.165, 1.54) is 0 Å². The van der Waals surface area contributed by atoms with Gasteiger partial charge in [-0.15, -0.1) is 0 Å². The van der Waals surface area contributed by atoms with Crippen molar-refractivity contribution in [2.75, 3.05) is 6.54 Å². The number of guanidine groups is 1. The predicted octanol–water partition coefficient (Wildman–Crippen LogP) is 3.15. The van der Waals surface area contributed by atoms with Crippen LogP contribution in [0.4, 0.5) is 26.3 Å². The van der Waals surface area contributed by atoms with Gasteiger partial charge in [0.05, 0.1) is 6.33 Å². The van der Waals surface area contributed by atoms with Gasteiger partial charge in [-0.25, -0.2) is 14.6 Å². The summed E-state index contributed by atoms with van der Waals surface area (Å²) < 4.78 is 63.5. The normalized spacial score (nSPS) is 11.6. The molecule has 0 radical (unpaired) electrons. The molecule has 1 aromatic carbocycles. The van der Waals surface area contributed by atoms with Gasteiger partial charge in [-0.1, -0.05) is 18.2 Å². The lowest BCUT2D eigenvalue weighted by Gasteiger charge is -2.04. The molecular weight excluding hydrogens is 542 g/mol. The van der Waals surface area contributed by atoms with Crippen molar-refractivity contribution in [2.45, 2.75) is 38.0 Å². The van der Waals surface area contributed by atoms with Gasteiger partial charge in [-0.05, 0) is 30.9 Å². The third kappa shape index (κ3) is 13.0. The molecule has 0 aliphatic heterocycles. The quantitative estimate of drug-likeness (QED) is 0.110. The Morgan fingerprint density at radius 3 is 2.10 bits per heavy atom. The van der Waals surface area contributed by atoms with Crippen LogP contribution >= 0.6 is 0 Å². The summed E-state index contributed by atoms with van der Waals surface area (Å²) >= 11 is 0. The molecule has 3 aromatic rings. The molecule has 0 atom stereocenters. The minimum atomic E-state index is -5.08. The molecule has 39 heavy (non-hydrogen) atoms. The number of carbonyl (C=O) groups is 3. The monoisotopic (exact) mass is 566 g/mol. The number of aromatic nitrogens is 3. The predicted molar refractivity (Wildman–Crippen MR) is 126 cm³/mol. The van der Waals surface area contributed by atoms with Crippen molar-refractivity contribution < 1.29 is 50.9 Å². The first-order valence-electron chi connectivity index (χ1n) is 10.8. The van der Waals surface area contributed by atoms with Crippen LogP contribution in [0.5, 0.6) is 0 Å². The standard InChI is InChI=1S/C18H22N6O.2C2HF3O2/c19-18(21-9-3-4-14-11-20-12-23-14)24-17(25)8-7-13-10-22-16-6-2-1-5-15(13)16;2*3-2(4,5)1(6)7/h1-2,5-6,10-12,22H,3-4,7-9H2,(H,20,23)(H3,19,21,24,25);2*(H,6,7).